The second-order valence-corrected chi connectivity index (χ2v) is 6.89. The van der Waals surface area contributed by atoms with E-state index in [9.17, 15) is 18.0 Å². The van der Waals surface area contributed by atoms with Crippen molar-refractivity contribution in [1.29, 1.82) is 0 Å². The molecule has 0 N–H and O–H groups in total. The van der Waals surface area contributed by atoms with Crippen molar-refractivity contribution in [3.05, 3.63) is 64.7 Å². The van der Waals surface area contributed by atoms with Gasteiger partial charge >= 0.3 is 6.18 Å². The van der Waals surface area contributed by atoms with E-state index in [1.54, 1.807) is 6.07 Å². The second-order valence-electron chi connectivity index (χ2n) is 5.82. The molecule has 2 nitrogen and oxygen atoms in total. The van der Waals surface area contributed by atoms with Crippen LogP contribution in [0.15, 0.2) is 42.5 Å². The lowest BCUT2D eigenvalue weighted by molar-refractivity contribution is -0.137. The van der Waals surface area contributed by atoms with Crippen LogP contribution < -0.4 is 4.90 Å². The molecule has 1 amide bonds. The normalized spacial score (nSPS) is 18.3. The van der Waals surface area contributed by atoms with E-state index in [0.717, 1.165) is 28.8 Å². The number of hydrogen-bond donors (Lipinski definition) is 0. The molecule has 0 radical (unpaired) electrons. The van der Waals surface area contributed by atoms with Gasteiger partial charge in [-0.1, -0.05) is 24.3 Å². The molecule has 0 bridgehead atoms. The Kier molecular flexibility index (Phi) is 4.34. The van der Waals surface area contributed by atoms with Gasteiger partial charge in [0.1, 0.15) is 5.37 Å². The number of carbonyl (C=O) groups excluding carboxylic acids is 1. The van der Waals surface area contributed by atoms with Crippen molar-refractivity contribution in [2.45, 2.75) is 25.4 Å². The molecule has 0 spiro atoms. The third-order valence-electron chi connectivity index (χ3n) is 4.14. The fraction of sp³-hybridized carbons (Fsp3) is 0.278. The topological polar surface area (TPSA) is 20.3 Å². The van der Waals surface area contributed by atoms with E-state index in [0.29, 0.717) is 0 Å². The van der Waals surface area contributed by atoms with Crippen LogP contribution in [0.2, 0.25) is 0 Å². The van der Waals surface area contributed by atoms with Crippen LogP contribution in [-0.4, -0.2) is 11.7 Å². The zero-order valence-corrected chi connectivity index (χ0v) is 14.0. The monoisotopic (exact) mass is 351 g/mol. The number of benzene rings is 2. The standard InChI is InChI=1S/C18H16F3NOS/c1-11-6-7-13(8-12(11)2)17-22(16(23)10-24-17)15-5-3-4-14(9-15)18(19,20)21/h3-9,17H,10H2,1-2H3/t17-/m1/s1. The van der Waals surface area contributed by atoms with Gasteiger partial charge in [0.15, 0.2) is 0 Å². The zero-order chi connectivity index (χ0) is 17.5. The molecule has 6 heteroatoms. The van der Waals surface area contributed by atoms with Crippen LogP contribution in [0.5, 0.6) is 0 Å². The maximum atomic E-state index is 13.0. The summed E-state index contributed by atoms with van der Waals surface area (Å²) < 4.78 is 38.9. The summed E-state index contributed by atoms with van der Waals surface area (Å²) in [7, 11) is 0. The van der Waals surface area contributed by atoms with Crippen molar-refractivity contribution < 1.29 is 18.0 Å². The number of hydrogen-bond acceptors (Lipinski definition) is 2. The highest BCUT2D eigenvalue weighted by Crippen LogP contribution is 2.43. The first-order chi connectivity index (χ1) is 11.3. The fourth-order valence-electron chi connectivity index (χ4n) is 2.70. The van der Waals surface area contributed by atoms with E-state index in [1.807, 2.05) is 32.0 Å². The third-order valence-corrected chi connectivity index (χ3v) is 5.35. The maximum Gasteiger partial charge on any atom is 0.416 e. The number of nitrogens with zero attached hydrogens (tertiary/aromatic N) is 1. The average molecular weight is 351 g/mol. The van der Waals surface area contributed by atoms with Crippen molar-refractivity contribution >= 4 is 23.4 Å². The Labute approximate surface area is 142 Å². The molecule has 1 saturated heterocycles. The summed E-state index contributed by atoms with van der Waals surface area (Å²) in [5.74, 6) is 0.0796. The van der Waals surface area contributed by atoms with Gasteiger partial charge in [-0.05, 0) is 48.7 Å². The molecule has 1 heterocycles. The van der Waals surface area contributed by atoms with E-state index in [4.69, 9.17) is 0 Å². The van der Waals surface area contributed by atoms with E-state index in [2.05, 4.69) is 0 Å². The highest BCUT2D eigenvalue weighted by atomic mass is 32.2. The van der Waals surface area contributed by atoms with Gasteiger partial charge in [-0.25, -0.2) is 0 Å². The predicted octanol–water partition coefficient (Wildman–Crippen LogP) is 5.10. The minimum absolute atomic E-state index is 0.178. The van der Waals surface area contributed by atoms with Crippen LogP contribution in [-0.2, 0) is 11.0 Å². The van der Waals surface area contributed by atoms with Crippen molar-refractivity contribution in [3.63, 3.8) is 0 Å². The molecule has 0 unspecified atom stereocenters. The Bertz CT molecular complexity index is 788. The molecule has 0 saturated carbocycles. The summed E-state index contributed by atoms with van der Waals surface area (Å²) in [4.78, 5) is 13.8. The lowest BCUT2D eigenvalue weighted by atomic mass is 10.1. The van der Waals surface area contributed by atoms with Crippen LogP contribution >= 0.6 is 11.8 Å². The first kappa shape index (κ1) is 16.9. The molecule has 0 aromatic heterocycles. The number of halogens is 3. The minimum Gasteiger partial charge on any atom is -0.295 e. The van der Waals surface area contributed by atoms with Gasteiger partial charge in [-0.3, -0.25) is 9.69 Å². The van der Waals surface area contributed by atoms with Crippen LogP contribution in [0.4, 0.5) is 18.9 Å². The molecule has 2 aromatic carbocycles. The highest BCUT2D eigenvalue weighted by Gasteiger charge is 2.36. The van der Waals surface area contributed by atoms with Gasteiger partial charge in [-0.15, -0.1) is 11.8 Å². The number of anilines is 1. The number of thioether (sulfide) groups is 1. The SMILES string of the molecule is Cc1ccc([C@H]2SCC(=O)N2c2cccc(C(F)(F)F)c2)cc1C. The van der Waals surface area contributed by atoms with Gasteiger partial charge in [0.25, 0.3) is 0 Å². The number of rotatable bonds is 2. The predicted molar refractivity (Wildman–Crippen MR) is 90.0 cm³/mol. The van der Waals surface area contributed by atoms with Crippen LogP contribution in [0, 0.1) is 13.8 Å². The van der Waals surface area contributed by atoms with Crippen LogP contribution in [0.3, 0.4) is 0 Å². The molecule has 1 atom stereocenters. The van der Waals surface area contributed by atoms with Gasteiger partial charge in [0, 0.05) is 5.69 Å². The van der Waals surface area contributed by atoms with E-state index < -0.39 is 11.7 Å². The molecule has 1 fully saturated rings. The molecular weight excluding hydrogens is 335 g/mol. The van der Waals surface area contributed by atoms with Gasteiger partial charge in [0.05, 0.1) is 11.3 Å². The minimum atomic E-state index is -4.43. The van der Waals surface area contributed by atoms with Gasteiger partial charge in [-0.2, -0.15) is 13.2 Å². The summed E-state index contributed by atoms with van der Waals surface area (Å²) in [5, 5.41) is -0.305. The molecule has 2 aromatic rings. The zero-order valence-electron chi connectivity index (χ0n) is 13.2. The quantitative estimate of drug-likeness (QED) is 0.750. The Morgan fingerprint density at radius 3 is 2.50 bits per heavy atom. The molecule has 3 rings (SSSR count). The Morgan fingerprint density at radius 2 is 1.83 bits per heavy atom. The highest BCUT2D eigenvalue weighted by molar-refractivity contribution is 8.00. The average Bonchev–Trinajstić information content (AvgIpc) is 2.91. The summed E-state index contributed by atoms with van der Waals surface area (Å²) >= 11 is 1.43. The lowest BCUT2D eigenvalue weighted by Crippen LogP contribution is -2.28. The van der Waals surface area contributed by atoms with E-state index in [-0.39, 0.29) is 22.7 Å². The maximum absolute atomic E-state index is 13.0. The first-order valence-corrected chi connectivity index (χ1v) is 8.50. The van der Waals surface area contributed by atoms with Gasteiger partial charge < -0.3 is 0 Å². The largest absolute Gasteiger partial charge is 0.416 e. The Hall–Kier alpha value is -1.95. The molecule has 126 valence electrons. The number of alkyl halides is 3. The molecule has 24 heavy (non-hydrogen) atoms. The first-order valence-electron chi connectivity index (χ1n) is 7.45. The van der Waals surface area contributed by atoms with Gasteiger partial charge in [0.2, 0.25) is 5.91 Å². The Balaban J connectivity index is 2.01. The summed E-state index contributed by atoms with van der Waals surface area (Å²) in [6.07, 6.45) is -4.43. The number of amides is 1. The third kappa shape index (κ3) is 3.15. The Morgan fingerprint density at radius 1 is 1.08 bits per heavy atom. The van der Waals surface area contributed by atoms with Crippen molar-refractivity contribution in [2.75, 3.05) is 10.7 Å². The fourth-order valence-corrected chi connectivity index (χ4v) is 3.87. The molecular formula is C18H16F3NOS. The lowest BCUT2D eigenvalue weighted by Gasteiger charge is -2.25. The molecule has 1 aliphatic heterocycles. The van der Waals surface area contributed by atoms with Crippen molar-refractivity contribution in [2.24, 2.45) is 0 Å². The summed E-state index contributed by atoms with van der Waals surface area (Å²) in [6, 6.07) is 10.8. The van der Waals surface area contributed by atoms with E-state index in [1.165, 1.54) is 22.7 Å². The summed E-state index contributed by atoms with van der Waals surface area (Å²) in [6.45, 7) is 3.98. The van der Waals surface area contributed by atoms with Crippen LogP contribution in [0.1, 0.15) is 27.6 Å². The van der Waals surface area contributed by atoms with Crippen LogP contribution in [0.25, 0.3) is 0 Å². The number of aryl methyl sites for hydroxylation is 2. The smallest absolute Gasteiger partial charge is 0.295 e. The molecule has 1 aliphatic rings. The summed E-state index contributed by atoms with van der Waals surface area (Å²) in [5.41, 5.74) is 2.69. The van der Waals surface area contributed by atoms with Crippen molar-refractivity contribution in [3.8, 4) is 0 Å². The number of carbonyl (C=O) groups is 1. The van der Waals surface area contributed by atoms with E-state index >= 15 is 0 Å². The second kappa shape index (κ2) is 6.16. The molecule has 0 aliphatic carbocycles. The van der Waals surface area contributed by atoms with Crippen molar-refractivity contribution in [1.82, 2.24) is 0 Å².